The van der Waals surface area contributed by atoms with Crippen molar-refractivity contribution in [2.75, 3.05) is 25.7 Å². The van der Waals surface area contributed by atoms with Crippen molar-refractivity contribution in [2.45, 2.75) is 4.90 Å². The highest BCUT2D eigenvalue weighted by atomic mass is 32.2. The molecular formula is C14H14N6O3S. The molecule has 0 radical (unpaired) electrons. The average molecular weight is 346 g/mol. The van der Waals surface area contributed by atoms with Gasteiger partial charge in [0.15, 0.2) is 22.8 Å². The first-order chi connectivity index (χ1) is 11.6. The fourth-order valence-corrected chi connectivity index (χ4v) is 2.84. The fraction of sp³-hybridized carbons (Fsp3) is 0.214. The lowest BCUT2D eigenvalue weighted by Gasteiger charge is -2.09. The van der Waals surface area contributed by atoms with Crippen LogP contribution in [0.3, 0.4) is 0 Å². The van der Waals surface area contributed by atoms with Crippen molar-refractivity contribution in [3.8, 4) is 11.5 Å². The predicted octanol–water partition coefficient (Wildman–Crippen LogP) is 1.25. The van der Waals surface area contributed by atoms with E-state index in [1.807, 2.05) is 6.07 Å². The van der Waals surface area contributed by atoms with E-state index >= 15 is 0 Å². The van der Waals surface area contributed by atoms with Crippen LogP contribution in [0.25, 0.3) is 11.2 Å². The van der Waals surface area contributed by atoms with Gasteiger partial charge in [0.25, 0.3) is 5.91 Å². The molecule has 0 fully saturated rings. The van der Waals surface area contributed by atoms with E-state index in [0.29, 0.717) is 17.0 Å². The molecule has 1 aromatic carbocycles. The van der Waals surface area contributed by atoms with Crippen LogP contribution in [0.2, 0.25) is 0 Å². The number of carbonyl (C=O) groups is 1. The maximum atomic E-state index is 12.4. The van der Waals surface area contributed by atoms with Crippen molar-refractivity contribution in [1.82, 2.24) is 25.0 Å². The molecule has 3 aromatic rings. The van der Waals surface area contributed by atoms with Crippen LogP contribution >= 0.6 is 11.8 Å². The molecule has 24 heavy (non-hydrogen) atoms. The number of carbonyl (C=O) groups excluding carboxylic acids is 1. The zero-order chi connectivity index (χ0) is 17.1. The summed E-state index contributed by atoms with van der Waals surface area (Å²) in [6, 6.07) is 5.42. The van der Waals surface area contributed by atoms with Crippen molar-refractivity contribution in [1.29, 1.82) is 0 Å². The van der Waals surface area contributed by atoms with Gasteiger partial charge in [0.05, 0.1) is 20.0 Å². The first kappa shape index (κ1) is 16.0. The van der Waals surface area contributed by atoms with E-state index in [1.165, 1.54) is 18.1 Å². The van der Waals surface area contributed by atoms with Gasteiger partial charge in [0.1, 0.15) is 6.33 Å². The Bertz CT molecular complexity index is 897. The molecule has 0 aliphatic carbocycles. The van der Waals surface area contributed by atoms with Gasteiger partial charge < -0.3 is 15.2 Å². The predicted molar refractivity (Wildman–Crippen MR) is 88.4 cm³/mol. The molecule has 3 rings (SSSR count). The van der Waals surface area contributed by atoms with Gasteiger partial charge in [-0.15, -0.1) is 16.9 Å². The molecular weight excluding hydrogens is 332 g/mol. The lowest BCUT2D eigenvalue weighted by Crippen LogP contribution is -2.16. The number of anilines is 1. The number of hydrogen-bond donors (Lipinski definition) is 1. The SMILES string of the molecule is COc1ccc(SCC(=O)n2nnc3ncnc(N)c32)cc1OC. The second kappa shape index (κ2) is 6.71. The van der Waals surface area contributed by atoms with Gasteiger partial charge in [-0.1, -0.05) is 5.21 Å². The van der Waals surface area contributed by atoms with E-state index in [9.17, 15) is 4.79 Å². The lowest BCUT2D eigenvalue weighted by molar-refractivity contribution is 0.0929. The van der Waals surface area contributed by atoms with Gasteiger partial charge in [0.2, 0.25) is 5.65 Å². The van der Waals surface area contributed by atoms with Crippen molar-refractivity contribution in [3.05, 3.63) is 24.5 Å². The van der Waals surface area contributed by atoms with Gasteiger partial charge in [0, 0.05) is 4.90 Å². The van der Waals surface area contributed by atoms with Crippen LogP contribution in [0, 0.1) is 0 Å². The van der Waals surface area contributed by atoms with Crippen molar-refractivity contribution in [2.24, 2.45) is 0 Å². The second-order valence-electron chi connectivity index (χ2n) is 4.63. The Kier molecular flexibility index (Phi) is 4.47. The summed E-state index contributed by atoms with van der Waals surface area (Å²) < 4.78 is 11.6. The average Bonchev–Trinajstić information content (AvgIpc) is 3.05. The summed E-state index contributed by atoms with van der Waals surface area (Å²) in [5.74, 6) is 1.25. The Morgan fingerprint density at radius 2 is 2.04 bits per heavy atom. The van der Waals surface area contributed by atoms with Crippen LogP contribution in [0.4, 0.5) is 5.82 Å². The van der Waals surface area contributed by atoms with Gasteiger partial charge in [-0.25, -0.2) is 9.97 Å². The minimum Gasteiger partial charge on any atom is -0.493 e. The van der Waals surface area contributed by atoms with Crippen LogP contribution in [-0.4, -0.2) is 50.8 Å². The molecule has 0 bridgehead atoms. The van der Waals surface area contributed by atoms with Crippen LogP contribution in [0.5, 0.6) is 11.5 Å². The summed E-state index contributed by atoms with van der Waals surface area (Å²) in [6.07, 6.45) is 1.28. The van der Waals surface area contributed by atoms with E-state index in [2.05, 4.69) is 20.3 Å². The third-order valence-corrected chi connectivity index (χ3v) is 4.20. The third-order valence-electron chi connectivity index (χ3n) is 3.23. The molecule has 2 N–H and O–H groups in total. The number of rotatable bonds is 5. The molecule has 0 saturated heterocycles. The second-order valence-corrected chi connectivity index (χ2v) is 5.68. The summed E-state index contributed by atoms with van der Waals surface area (Å²) in [5.41, 5.74) is 6.37. The Morgan fingerprint density at radius 1 is 1.25 bits per heavy atom. The topological polar surface area (TPSA) is 118 Å². The normalized spacial score (nSPS) is 10.8. The highest BCUT2D eigenvalue weighted by Gasteiger charge is 2.16. The number of aromatic nitrogens is 5. The zero-order valence-electron chi connectivity index (χ0n) is 13.0. The van der Waals surface area contributed by atoms with Crippen LogP contribution in [-0.2, 0) is 0 Å². The molecule has 0 aliphatic rings. The molecule has 124 valence electrons. The lowest BCUT2D eigenvalue weighted by atomic mass is 10.3. The number of nitrogens with zero attached hydrogens (tertiary/aromatic N) is 5. The minimum atomic E-state index is -0.279. The largest absolute Gasteiger partial charge is 0.493 e. The monoisotopic (exact) mass is 346 g/mol. The van der Waals surface area contributed by atoms with Crippen LogP contribution in [0.15, 0.2) is 29.4 Å². The highest BCUT2D eigenvalue weighted by Crippen LogP contribution is 2.32. The van der Waals surface area contributed by atoms with Crippen LogP contribution in [0.1, 0.15) is 4.79 Å². The van der Waals surface area contributed by atoms with Crippen LogP contribution < -0.4 is 15.2 Å². The molecule has 10 heteroatoms. The maximum Gasteiger partial charge on any atom is 0.259 e. The molecule has 0 spiro atoms. The van der Waals surface area contributed by atoms with E-state index in [0.717, 1.165) is 9.58 Å². The molecule has 0 saturated carbocycles. The van der Waals surface area contributed by atoms with Crippen molar-refractivity contribution in [3.63, 3.8) is 0 Å². The smallest absolute Gasteiger partial charge is 0.259 e. The minimum absolute atomic E-state index is 0.141. The summed E-state index contributed by atoms with van der Waals surface area (Å²) in [5, 5.41) is 7.63. The number of nitrogen functional groups attached to an aromatic ring is 1. The number of thioether (sulfide) groups is 1. The van der Waals surface area contributed by atoms with E-state index < -0.39 is 0 Å². The van der Waals surface area contributed by atoms with Crippen molar-refractivity contribution < 1.29 is 14.3 Å². The molecule has 0 unspecified atom stereocenters. The highest BCUT2D eigenvalue weighted by molar-refractivity contribution is 8.00. The summed E-state index contributed by atoms with van der Waals surface area (Å²) in [6.45, 7) is 0. The number of hydrogen-bond acceptors (Lipinski definition) is 9. The molecule has 9 nitrogen and oxygen atoms in total. The number of benzene rings is 1. The first-order valence-corrected chi connectivity index (χ1v) is 7.82. The Labute approximate surface area is 141 Å². The molecule has 0 aliphatic heterocycles. The Morgan fingerprint density at radius 3 is 2.79 bits per heavy atom. The zero-order valence-corrected chi connectivity index (χ0v) is 13.8. The van der Waals surface area contributed by atoms with Gasteiger partial charge in [-0.3, -0.25) is 4.79 Å². The van der Waals surface area contributed by atoms with Gasteiger partial charge in [-0.2, -0.15) is 4.68 Å². The Balaban J connectivity index is 1.78. The Hall–Kier alpha value is -2.88. The number of nitrogens with two attached hydrogens (primary N) is 1. The molecule has 2 aromatic heterocycles. The number of ether oxygens (including phenoxy) is 2. The van der Waals surface area contributed by atoms with Gasteiger partial charge in [-0.05, 0) is 18.2 Å². The number of methoxy groups -OCH3 is 2. The van der Waals surface area contributed by atoms with E-state index in [4.69, 9.17) is 15.2 Å². The molecule has 0 atom stereocenters. The maximum absolute atomic E-state index is 12.4. The summed E-state index contributed by atoms with van der Waals surface area (Å²) >= 11 is 1.33. The number of fused-ring (bicyclic) bond motifs is 1. The van der Waals surface area contributed by atoms with E-state index in [-0.39, 0.29) is 23.1 Å². The summed E-state index contributed by atoms with van der Waals surface area (Å²) in [4.78, 5) is 21.0. The quantitative estimate of drug-likeness (QED) is 0.681. The summed E-state index contributed by atoms with van der Waals surface area (Å²) in [7, 11) is 3.12. The van der Waals surface area contributed by atoms with Crippen molar-refractivity contribution >= 4 is 34.7 Å². The molecule has 2 heterocycles. The third kappa shape index (κ3) is 2.95. The first-order valence-electron chi connectivity index (χ1n) is 6.84. The van der Waals surface area contributed by atoms with Gasteiger partial charge >= 0.3 is 0 Å². The fourth-order valence-electron chi connectivity index (χ4n) is 2.08. The van der Waals surface area contributed by atoms with E-state index in [1.54, 1.807) is 26.4 Å². The standard InChI is InChI=1S/C14H14N6O3S/c1-22-9-4-3-8(5-10(9)23-2)24-6-11(21)20-12-13(15)16-7-17-14(12)18-19-20/h3-5,7H,6H2,1-2H3,(H2,15,16,17). The molecule has 0 amide bonds.